The van der Waals surface area contributed by atoms with E-state index in [2.05, 4.69) is 4.98 Å². The number of Topliss-reactive ketones (excluding diaryl/α,β-unsaturated/α-hetero) is 1. The van der Waals surface area contributed by atoms with Gasteiger partial charge in [-0.2, -0.15) is 0 Å². The van der Waals surface area contributed by atoms with Crippen LogP contribution >= 0.6 is 0 Å². The van der Waals surface area contributed by atoms with Crippen LogP contribution in [0.3, 0.4) is 0 Å². The third-order valence-corrected chi connectivity index (χ3v) is 6.06. The molecular formula is C23H31N3O6. The summed E-state index contributed by atoms with van der Waals surface area (Å²) < 4.78 is 5.06. The Hall–Kier alpha value is -2.97. The number of nitrogens with zero attached hydrogens (tertiary/aromatic N) is 2. The van der Waals surface area contributed by atoms with Gasteiger partial charge >= 0.3 is 5.97 Å². The summed E-state index contributed by atoms with van der Waals surface area (Å²) in [7, 11) is 1.44. The number of hydrogen-bond donors (Lipinski definition) is 1. The van der Waals surface area contributed by atoms with E-state index in [4.69, 9.17) is 4.74 Å². The fourth-order valence-corrected chi connectivity index (χ4v) is 4.42. The fraction of sp³-hybridized carbons (Fsp3) is 0.609. The minimum atomic E-state index is -0.626. The van der Waals surface area contributed by atoms with Crippen molar-refractivity contribution < 1.29 is 23.9 Å². The lowest BCUT2D eigenvalue weighted by atomic mass is 9.75. The average molecular weight is 446 g/mol. The largest absolute Gasteiger partial charge is 0.466 e. The summed E-state index contributed by atoms with van der Waals surface area (Å²) in [6, 6.07) is 1.35. The number of amides is 2. The normalized spacial score (nSPS) is 19.8. The number of likely N-dealkylation sites (tertiary alicyclic amines) is 1. The van der Waals surface area contributed by atoms with Crippen LogP contribution in [-0.4, -0.2) is 71.6 Å². The van der Waals surface area contributed by atoms with Crippen LogP contribution in [0.2, 0.25) is 0 Å². The van der Waals surface area contributed by atoms with E-state index < -0.39 is 11.5 Å². The van der Waals surface area contributed by atoms with Gasteiger partial charge in [0.05, 0.1) is 19.1 Å². The Bertz CT molecular complexity index is 996. The van der Waals surface area contributed by atoms with E-state index in [1.807, 2.05) is 13.8 Å². The second kappa shape index (κ2) is 9.26. The van der Waals surface area contributed by atoms with Gasteiger partial charge in [0.2, 0.25) is 5.91 Å². The van der Waals surface area contributed by atoms with Crippen LogP contribution in [0.5, 0.6) is 0 Å². The number of ketones is 1. The van der Waals surface area contributed by atoms with E-state index in [1.54, 1.807) is 11.8 Å². The summed E-state index contributed by atoms with van der Waals surface area (Å²) in [5, 5.41) is 0. The molecule has 9 nitrogen and oxygen atoms in total. The van der Waals surface area contributed by atoms with Crippen molar-refractivity contribution in [2.75, 3.05) is 33.3 Å². The molecule has 0 aromatic carbocycles. The highest BCUT2D eigenvalue weighted by Gasteiger charge is 2.34. The first-order valence-corrected chi connectivity index (χ1v) is 11.0. The minimum Gasteiger partial charge on any atom is -0.466 e. The van der Waals surface area contributed by atoms with E-state index in [0.717, 1.165) is 0 Å². The first-order valence-electron chi connectivity index (χ1n) is 11.0. The Kier molecular flexibility index (Phi) is 6.85. The predicted octanol–water partition coefficient (Wildman–Crippen LogP) is 1.40. The van der Waals surface area contributed by atoms with Crippen molar-refractivity contribution in [2.45, 2.75) is 46.5 Å². The Morgan fingerprint density at radius 1 is 1.25 bits per heavy atom. The van der Waals surface area contributed by atoms with Gasteiger partial charge in [0.25, 0.3) is 11.5 Å². The zero-order chi connectivity index (χ0) is 23.6. The molecule has 1 fully saturated rings. The van der Waals surface area contributed by atoms with E-state index in [-0.39, 0.29) is 54.3 Å². The van der Waals surface area contributed by atoms with Crippen LogP contribution in [0, 0.1) is 11.3 Å². The molecule has 3 rings (SSSR count). The third kappa shape index (κ3) is 5.08. The smallest absolute Gasteiger partial charge is 0.310 e. The molecule has 1 aromatic rings. The zero-order valence-electron chi connectivity index (χ0n) is 19.2. The van der Waals surface area contributed by atoms with Gasteiger partial charge in [-0.15, -0.1) is 0 Å². The highest BCUT2D eigenvalue weighted by molar-refractivity contribution is 6.02. The Morgan fingerprint density at radius 3 is 2.66 bits per heavy atom. The summed E-state index contributed by atoms with van der Waals surface area (Å²) in [6.07, 6.45) is 2.22. The van der Waals surface area contributed by atoms with Gasteiger partial charge in [0.15, 0.2) is 5.78 Å². The number of carbonyl (C=O) groups is 4. The van der Waals surface area contributed by atoms with E-state index in [9.17, 15) is 24.0 Å². The lowest BCUT2D eigenvalue weighted by Crippen LogP contribution is -2.47. The fourth-order valence-electron chi connectivity index (χ4n) is 4.42. The molecule has 0 saturated carbocycles. The number of fused-ring (bicyclic) bond motifs is 1. The van der Waals surface area contributed by atoms with Gasteiger partial charge in [-0.05, 0) is 37.7 Å². The maximum absolute atomic E-state index is 12.9. The number of piperidine rings is 1. The third-order valence-electron chi connectivity index (χ3n) is 6.06. The lowest BCUT2D eigenvalue weighted by Gasteiger charge is -2.32. The molecule has 0 spiro atoms. The molecule has 2 amide bonds. The minimum absolute atomic E-state index is 0.112. The Labute approximate surface area is 187 Å². The van der Waals surface area contributed by atoms with Crippen molar-refractivity contribution in [1.82, 2.24) is 14.8 Å². The average Bonchev–Trinajstić information content (AvgIpc) is 2.72. The van der Waals surface area contributed by atoms with Crippen molar-refractivity contribution >= 4 is 23.6 Å². The van der Waals surface area contributed by atoms with Crippen LogP contribution < -0.4 is 5.56 Å². The van der Waals surface area contributed by atoms with Crippen LogP contribution in [-0.2, 0) is 20.7 Å². The number of aromatic amines is 1. The first kappa shape index (κ1) is 23.7. The Balaban J connectivity index is 1.70. The SMILES string of the molecule is CCOC(=O)C1CCCN(C(=O)CN(C)C(=O)c2cc3c([nH]c2=O)CC(C)(C)CC3=O)C1. The number of nitrogens with one attached hydrogen (secondary N) is 1. The van der Waals surface area contributed by atoms with Crippen LogP contribution in [0.4, 0.5) is 0 Å². The van der Waals surface area contributed by atoms with Crippen molar-refractivity contribution in [1.29, 1.82) is 0 Å². The summed E-state index contributed by atoms with van der Waals surface area (Å²) in [6.45, 7) is 6.46. The molecule has 32 heavy (non-hydrogen) atoms. The van der Waals surface area contributed by atoms with E-state index in [0.29, 0.717) is 43.5 Å². The van der Waals surface area contributed by atoms with Gasteiger partial charge in [0, 0.05) is 37.8 Å². The Morgan fingerprint density at radius 2 is 1.97 bits per heavy atom. The highest BCUT2D eigenvalue weighted by Crippen LogP contribution is 2.33. The van der Waals surface area contributed by atoms with Gasteiger partial charge < -0.3 is 19.5 Å². The summed E-state index contributed by atoms with van der Waals surface area (Å²) in [4.78, 5) is 68.2. The number of esters is 1. The van der Waals surface area contributed by atoms with Gasteiger partial charge in [-0.1, -0.05) is 13.8 Å². The standard InChI is InChI=1S/C23H31N3O6/c1-5-32-22(31)14-7-6-8-26(12-14)19(28)13-25(4)21(30)16-9-15-17(24-20(16)29)10-23(2,3)11-18(15)27/h9,14H,5-8,10-13H2,1-4H3,(H,24,29). The number of aromatic nitrogens is 1. The molecule has 1 N–H and O–H groups in total. The van der Waals surface area contributed by atoms with Gasteiger partial charge in [-0.25, -0.2) is 0 Å². The van der Waals surface area contributed by atoms with E-state index in [1.165, 1.54) is 18.0 Å². The molecule has 1 atom stereocenters. The predicted molar refractivity (Wildman–Crippen MR) is 116 cm³/mol. The quantitative estimate of drug-likeness (QED) is 0.685. The zero-order valence-corrected chi connectivity index (χ0v) is 19.2. The number of pyridine rings is 1. The highest BCUT2D eigenvalue weighted by atomic mass is 16.5. The molecule has 174 valence electrons. The van der Waals surface area contributed by atoms with Crippen molar-refractivity contribution in [3.8, 4) is 0 Å². The van der Waals surface area contributed by atoms with E-state index >= 15 is 0 Å². The number of carbonyl (C=O) groups excluding carboxylic acids is 4. The van der Waals surface area contributed by atoms with Crippen LogP contribution in [0.1, 0.15) is 66.4 Å². The maximum atomic E-state index is 12.9. The molecular weight excluding hydrogens is 414 g/mol. The van der Waals surface area contributed by atoms with Gasteiger partial charge in [0.1, 0.15) is 5.56 Å². The monoisotopic (exact) mass is 445 g/mol. The summed E-state index contributed by atoms with van der Waals surface area (Å²) in [5.41, 5.74) is -0.0725. The number of likely N-dealkylation sites (N-methyl/N-ethyl adjacent to an activating group) is 1. The van der Waals surface area contributed by atoms with Crippen LogP contribution in [0.25, 0.3) is 0 Å². The molecule has 1 unspecified atom stereocenters. The molecule has 1 aliphatic heterocycles. The van der Waals surface area contributed by atoms with Crippen LogP contribution in [0.15, 0.2) is 10.9 Å². The molecule has 2 heterocycles. The maximum Gasteiger partial charge on any atom is 0.310 e. The molecule has 1 aromatic heterocycles. The molecule has 0 radical (unpaired) electrons. The lowest BCUT2D eigenvalue weighted by molar-refractivity contribution is -0.151. The summed E-state index contributed by atoms with van der Waals surface area (Å²) >= 11 is 0. The molecule has 1 aliphatic carbocycles. The molecule has 0 bridgehead atoms. The van der Waals surface area contributed by atoms with Crippen molar-refractivity contribution in [3.63, 3.8) is 0 Å². The second-order valence-corrected chi connectivity index (χ2v) is 9.44. The molecule has 9 heteroatoms. The molecule has 2 aliphatic rings. The van der Waals surface area contributed by atoms with Crippen molar-refractivity contribution in [2.24, 2.45) is 11.3 Å². The molecule has 1 saturated heterocycles. The second-order valence-electron chi connectivity index (χ2n) is 9.44. The first-order chi connectivity index (χ1) is 15.0. The number of rotatable bonds is 5. The topological polar surface area (TPSA) is 117 Å². The number of H-pyrrole nitrogens is 1. The number of ether oxygens (including phenoxy) is 1. The van der Waals surface area contributed by atoms with Gasteiger partial charge in [-0.3, -0.25) is 24.0 Å². The van der Waals surface area contributed by atoms with Crippen molar-refractivity contribution in [3.05, 3.63) is 33.2 Å². The number of hydrogen-bond acceptors (Lipinski definition) is 6. The summed E-state index contributed by atoms with van der Waals surface area (Å²) in [5.74, 6) is -1.73.